The van der Waals surface area contributed by atoms with Crippen LogP contribution in [0.25, 0.3) is 0 Å². The van der Waals surface area contributed by atoms with Gasteiger partial charge in [-0.05, 0) is 30.0 Å². The van der Waals surface area contributed by atoms with Crippen molar-refractivity contribution in [2.45, 2.75) is 31.8 Å². The zero-order valence-electron chi connectivity index (χ0n) is 13.2. The molecule has 0 atom stereocenters. The summed E-state index contributed by atoms with van der Waals surface area (Å²) >= 11 is 1.23. The molecule has 118 valence electrons. The standard InChI is InChI=1S/C17H18N4OS/c1-3-11-5-6-12(4-2)14(7-11)15(22)10-23-17-20-9-13(8-18)16(19)21-17/h5-7,9H,3-4,10H2,1-2H3,(H2,19,20,21). The van der Waals surface area contributed by atoms with Gasteiger partial charge in [0.25, 0.3) is 0 Å². The van der Waals surface area contributed by atoms with Crippen molar-refractivity contribution in [2.75, 3.05) is 11.5 Å². The van der Waals surface area contributed by atoms with Gasteiger partial charge in [0.2, 0.25) is 0 Å². The number of nitrogens with two attached hydrogens (primary N) is 1. The van der Waals surface area contributed by atoms with Crippen molar-refractivity contribution in [3.05, 3.63) is 46.6 Å². The Bertz CT molecular complexity index is 768. The van der Waals surface area contributed by atoms with Crippen molar-refractivity contribution >= 4 is 23.4 Å². The number of rotatable bonds is 6. The van der Waals surface area contributed by atoms with Gasteiger partial charge in [0, 0.05) is 5.56 Å². The normalized spacial score (nSPS) is 10.3. The van der Waals surface area contributed by atoms with Crippen molar-refractivity contribution in [1.82, 2.24) is 9.97 Å². The molecule has 2 aromatic rings. The van der Waals surface area contributed by atoms with Crippen molar-refractivity contribution in [2.24, 2.45) is 0 Å². The minimum absolute atomic E-state index is 0.0497. The van der Waals surface area contributed by atoms with E-state index in [-0.39, 0.29) is 22.9 Å². The molecule has 1 aromatic carbocycles. The summed E-state index contributed by atoms with van der Waals surface area (Å²) in [5.41, 5.74) is 8.86. The lowest BCUT2D eigenvalue weighted by Gasteiger charge is -2.09. The Hall–Kier alpha value is -2.39. The first-order valence-electron chi connectivity index (χ1n) is 7.39. The summed E-state index contributed by atoms with van der Waals surface area (Å²) in [7, 11) is 0. The maximum absolute atomic E-state index is 12.5. The molecular weight excluding hydrogens is 308 g/mol. The average Bonchev–Trinajstić information content (AvgIpc) is 2.59. The summed E-state index contributed by atoms with van der Waals surface area (Å²) in [6, 6.07) is 7.97. The average molecular weight is 326 g/mol. The number of nitrogens with zero attached hydrogens (tertiary/aromatic N) is 3. The highest BCUT2D eigenvalue weighted by Crippen LogP contribution is 2.20. The van der Waals surface area contributed by atoms with Crippen LogP contribution < -0.4 is 5.73 Å². The molecule has 0 aliphatic rings. The number of benzene rings is 1. The molecule has 2 N–H and O–H groups in total. The van der Waals surface area contributed by atoms with Gasteiger partial charge in [-0.3, -0.25) is 4.79 Å². The van der Waals surface area contributed by atoms with E-state index in [0.29, 0.717) is 5.16 Å². The Labute approximate surface area is 139 Å². The highest BCUT2D eigenvalue weighted by Gasteiger charge is 2.13. The SMILES string of the molecule is CCc1ccc(CC)c(C(=O)CSc2ncc(C#N)c(N)n2)c1. The monoisotopic (exact) mass is 326 g/mol. The number of aromatic nitrogens is 2. The van der Waals surface area contributed by atoms with Gasteiger partial charge >= 0.3 is 0 Å². The highest BCUT2D eigenvalue weighted by atomic mass is 32.2. The first-order valence-corrected chi connectivity index (χ1v) is 8.38. The molecule has 1 heterocycles. The predicted octanol–water partition coefficient (Wildman–Crippen LogP) is 3.03. The number of hydrogen-bond donors (Lipinski definition) is 1. The summed E-state index contributed by atoms with van der Waals surface area (Å²) in [6.07, 6.45) is 3.09. The maximum atomic E-state index is 12.5. The van der Waals surface area contributed by atoms with Crippen LogP contribution >= 0.6 is 11.8 Å². The van der Waals surface area contributed by atoms with E-state index >= 15 is 0 Å². The topological polar surface area (TPSA) is 92.7 Å². The maximum Gasteiger partial charge on any atom is 0.189 e. The van der Waals surface area contributed by atoms with E-state index in [2.05, 4.69) is 23.0 Å². The number of ketones is 1. The number of nitrogen functional groups attached to an aromatic ring is 1. The van der Waals surface area contributed by atoms with Crippen LogP contribution in [0.1, 0.15) is 40.9 Å². The molecule has 0 amide bonds. The zero-order chi connectivity index (χ0) is 16.8. The van der Waals surface area contributed by atoms with Crippen molar-refractivity contribution in [1.29, 1.82) is 5.26 Å². The number of nitriles is 1. The van der Waals surface area contributed by atoms with Crippen LogP contribution in [0.4, 0.5) is 5.82 Å². The molecule has 0 unspecified atom stereocenters. The van der Waals surface area contributed by atoms with E-state index < -0.39 is 0 Å². The van der Waals surface area contributed by atoms with Gasteiger partial charge in [0.15, 0.2) is 10.9 Å². The number of thioether (sulfide) groups is 1. The molecule has 0 saturated carbocycles. The second-order valence-electron chi connectivity index (χ2n) is 4.97. The minimum atomic E-state index is 0.0497. The van der Waals surface area contributed by atoms with Gasteiger partial charge in [-0.2, -0.15) is 5.26 Å². The zero-order valence-corrected chi connectivity index (χ0v) is 14.0. The van der Waals surface area contributed by atoms with Crippen LogP contribution in [-0.4, -0.2) is 21.5 Å². The third kappa shape index (κ3) is 4.08. The van der Waals surface area contributed by atoms with Gasteiger partial charge in [-0.25, -0.2) is 9.97 Å². The Morgan fingerprint density at radius 1 is 1.35 bits per heavy atom. The number of anilines is 1. The lowest BCUT2D eigenvalue weighted by Crippen LogP contribution is -2.08. The van der Waals surface area contributed by atoms with E-state index in [0.717, 1.165) is 29.5 Å². The molecule has 6 heteroatoms. The summed E-state index contributed by atoms with van der Waals surface area (Å²) in [5.74, 6) is 0.430. The number of hydrogen-bond acceptors (Lipinski definition) is 6. The molecule has 0 aliphatic heterocycles. The first kappa shape index (κ1) is 17.0. The quantitative estimate of drug-likeness (QED) is 0.498. The van der Waals surface area contributed by atoms with Crippen molar-refractivity contribution in [3.8, 4) is 6.07 Å². The largest absolute Gasteiger partial charge is 0.382 e. The summed E-state index contributed by atoms with van der Waals surface area (Å²) < 4.78 is 0. The molecule has 0 aliphatic carbocycles. The fourth-order valence-electron chi connectivity index (χ4n) is 2.15. The van der Waals surface area contributed by atoms with Crippen LogP contribution in [0.5, 0.6) is 0 Å². The van der Waals surface area contributed by atoms with Gasteiger partial charge < -0.3 is 5.73 Å². The second-order valence-corrected chi connectivity index (χ2v) is 5.92. The molecule has 5 nitrogen and oxygen atoms in total. The van der Waals surface area contributed by atoms with Gasteiger partial charge in [-0.1, -0.05) is 37.7 Å². The lowest BCUT2D eigenvalue weighted by atomic mass is 9.98. The van der Waals surface area contributed by atoms with Crippen LogP contribution in [0.2, 0.25) is 0 Å². The second kappa shape index (κ2) is 7.75. The number of Topliss-reactive ketones (excluding diaryl/α,β-unsaturated/α-hetero) is 1. The van der Waals surface area contributed by atoms with E-state index in [1.165, 1.54) is 18.0 Å². The van der Waals surface area contributed by atoms with Crippen molar-refractivity contribution in [3.63, 3.8) is 0 Å². The van der Waals surface area contributed by atoms with Crippen LogP contribution in [-0.2, 0) is 12.8 Å². The first-order chi connectivity index (χ1) is 11.1. The Morgan fingerprint density at radius 3 is 2.74 bits per heavy atom. The summed E-state index contributed by atoms with van der Waals surface area (Å²) in [6.45, 7) is 4.10. The third-order valence-electron chi connectivity index (χ3n) is 3.51. The number of carbonyl (C=O) groups excluding carboxylic acids is 1. The molecule has 2 rings (SSSR count). The molecule has 0 fully saturated rings. The van der Waals surface area contributed by atoms with E-state index in [1.807, 2.05) is 25.1 Å². The number of aryl methyl sites for hydroxylation is 2. The van der Waals surface area contributed by atoms with Gasteiger partial charge in [0.05, 0.1) is 11.9 Å². The van der Waals surface area contributed by atoms with Crippen LogP contribution in [0.3, 0.4) is 0 Å². The smallest absolute Gasteiger partial charge is 0.189 e. The van der Waals surface area contributed by atoms with Crippen LogP contribution in [0.15, 0.2) is 29.6 Å². The van der Waals surface area contributed by atoms with E-state index in [4.69, 9.17) is 11.0 Å². The Kier molecular flexibility index (Phi) is 5.72. The molecule has 23 heavy (non-hydrogen) atoms. The molecule has 0 bridgehead atoms. The Morgan fingerprint density at radius 2 is 2.13 bits per heavy atom. The molecular formula is C17H18N4OS. The fraction of sp³-hybridized carbons (Fsp3) is 0.294. The minimum Gasteiger partial charge on any atom is -0.382 e. The Balaban J connectivity index is 2.13. The van der Waals surface area contributed by atoms with Crippen LogP contribution in [0, 0.1) is 11.3 Å². The van der Waals surface area contributed by atoms with Gasteiger partial charge in [-0.15, -0.1) is 0 Å². The lowest BCUT2D eigenvalue weighted by molar-refractivity contribution is 0.102. The highest BCUT2D eigenvalue weighted by molar-refractivity contribution is 7.99. The van der Waals surface area contributed by atoms with E-state index in [1.54, 1.807) is 0 Å². The predicted molar refractivity (Wildman–Crippen MR) is 91.4 cm³/mol. The molecule has 0 spiro atoms. The summed E-state index contributed by atoms with van der Waals surface area (Å²) in [4.78, 5) is 20.6. The van der Waals surface area contributed by atoms with Gasteiger partial charge in [0.1, 0.15) is 17.5 Å². The third-order valence-corrected chi connectivity index (χ3v) is 4.37. The van der Waals surface area contributed by atoms with Crippen molar-refractivity contribution < 1.29 is 4.79 Å². The number of carbonyl (C=O) groups is 1. The molecule has 0 saturated heterocycles. The molecule has 1 aromatic heterocycles. The fourth-order valence-corrected chi connectivity index (χ4v) is 2.86. The molecule has 0 radical (unpaired) electrons. The summed E-state index contributed by atoms with van der Waals surface area (Å²) in [5, 5.41) is 9.21. The van der Waals surface area contributed by atoms with E-state index in [9.17, 15) is 4.79 Å².